The van der Waals surface area contributed by atoms with Gasteiger partial charge in [0.05, 0.1) is 22.1 Å². The second kappa shape index (κ2) is 9.36. The molecule has 0 radical (unpaired) electrons. The third kappa shape index (κ3) is 3.53. The van der Waals surface area contributed by atoms with Crippen LogP contribution in [0.15, 0.2) is 146 Å². The van der Waals surface area contributed by atoms with Crippen LogP contribution in [0.1, 0.15) is 0 Å². The highest BCUT2D eigenvalue weighted by Gasteiger charge is 2.19. The van der Waals surface area contributed by atoms with Gasteiger partial charge in [0.2, 0.25) is 5.95 Å². The van der Waals surface area contributed by atoms with E-state index in [0.29, 0.717) is 5.95 Å². The second-order valence-corrected chi connectivity index (χ2v) is 12.5. The van der Waals surface area contributed by atoms with E-state index in [-0.39, 0.29) is 0 Å². The van der Waals surface area contributed by atoms with Gasteiger partial charge in [-0.1, -0.05) is 91.0 Å². The minimum Gasteiger partial charge on any atom is -0.309 e. The Morgan fingerprint density at radius 1 is 0.444 bits per heavy atom. The second-order valence-electron chi connectivity index (χ2n) is 11.5. The molecule has 4 aromatic heterocycles. The third-order valence-corrected chi connectivity index (χ3v) is 10.3. The Hall–Kier alpha value is -5.78. The van der Waals surface area contributed by atoms with Crippen molar-refractivity contribution in [1.82, 2.24) is 19.1 Å². The van der Waals surface area contributed by atoms with Gasteiger partial charge in [-0.2, -0.15) is 0 Å². The van der Waals surface area contributed by atoms with E-state index >= 15 is 0 Å². The molecule has 0 saturated carbocycles. The normalized spacial score (nSPS) is 12.0. The summed E-state index contributed by atoms with van der Waals surface area (Å²) in [6.07, 6.45) is 3.95. The lowest BCUT2D eigenvalue weighted by Gasteiger charge is -2.09. The van der Waals surface area contributed by atoms with E-state index in [2.05, 4.69) is 143 Å². The van der Waals surface area contributed by atoms with E-state index in [0.717, 1.165) is 33.4 Å². The maximum absolute atomic E-state index is 5.01. The zero-order valence-corrected chi connectivity index (χ0v) is 24.9. The number of hydrogen-bond acceptors (Lipinski definition) is 3. The molecule has 5 heteroatoms. The SMILES string of the molecule is c1ccc(-n2c3ccccc3c3cc4c5ccccc5n(-c5ncc(-c6cccc7c6sc6ccccc67)cn5)c4cc32)cc1. The van der Waals surface area contributed by atoms with Gasteiger partial charge in [-0.3, -0.25) is 4.57 Å². The van der Waals surface area contributed by atoms with Crippen LogP contribution in [0, 0.1) is 0 Å². The van der Waals surface area contributed by atoms with Crippen molar-refractivity contribution in [3.8, 4) is 22.8 Å². The summed E-state index contributed by atoms with van der Waals surface area (Å²) in [5.74, 6) is 0.662. The Bertz CT molecular complexity index is 2750. The minimum atomic E-state index is 0.662. The fraction of sp³-hybridized carbons (Fsp3) is 0. The lowest BCUT2D eigenvalue weighted by Crippen LogP contribution is -2.01. The maximum atomic E-state index is 5.01. The highest BCUT2D eigenvalue weighted by atomic mass is 32.1. The first kappa shape index (κ1) is 24.6. The van der Waals surface area contributed by atoms with Gasteiger partial charge in [0.15, 0.2) is 0 Å². The van der Waals surface area contributed by atoms with Crippen LogP contribution in [-0.4, -0.2) is 19.1 Å². The summed E-state index contributed by atoms with van der Waals surface area (Å²) in [4.78, 5) is 10.0. The predicted octanol–water partition coefficient (Wildman–Crippen LogP) is 10.7. The van der Waals surface area contributed by atoms with Gasteiger partial charge < -0.3 is 4.57 Å². The summed E-state index contributed by atoms with van der Waals surface area (Å²) in [5, 5.41) is 7.42. The quantitative estimate of drug-likeness (QED) is 0.205. The Kier molecular flexibility index (Phi) is 5.12. The molecule has 0 atom stereocenters. The molecule has 0 unspecified atom stereocenters. The molecule has 10 rings (SSSR count). The van der Waals surface area contributed by atoms with Gasteiger partial charge in [0.25, 0.3) is 0 Å². The summed E-state index contributed by atoms with van der Waals surface area (Å²) in [5.41, 5.74) is 7.85. The summed E-state index contributed by atoms with van der Waals surface area (Å²) in [6.45, 7) is 0. The Morgan fingerprint density at radius 2 is 1.04 bits per heavy atom. The van der Waals surface area contributed by atoms with Crippen LogP contribution in [0.3, 0.4) is 0 Å². The summed E-state index contributed by atoms with van der Waals surface area (Å²) in [6, 6.07) is 47.6. The van der Waals surface area contributed by atoms with Crippen molar-refractivity contribution in [2.75, 3.05) is 0 Å². The zero-order valence-electron chi connectivity index (χ0n) is 24.1. The van der Waals surface area contributed by atoms with Gasteiger partial charge in [-0.05, 0) is 42.5 Å². The number of nitrogens with zero attached hydrogens (tertiary/aromatic N) is 4. The summed E-state index contributed by atoms with van der Waals surface area (Å²) in [7, 11) is 0. The molecule has 0 aliphatic heterocycles. The molecule has 0 bridgehead atoms. The third-order valence-electron chi connectivity index (χ3n) is 9.03. The van der Waals surface area contributed by atoms with Crippen molar-refractivity contribution in [3.05, 3.63) is 146 Å². The van der Waals surface area contributed by atoms with Gasteiger partial charge in [-0.15, -0.1) is 11.3 Å². The Labute approximate surface area is 262 Å². The number of rotatable bonds is 3. The molecule has 0 saturated heterocycles. The topological polar surface area (TPSA) is 35.6 Å². The first-order chi connectivity index (χ1) is 22.3. The first-order valence-corrected chi connectivity index (χ1v) is 15.9. The Balaban J connectivity index is 1.22. The average molecular weight is 593 g/mol. The van der Waals surface area contributed by atoms with Crippen molar-refractivity contribution in [2.24, 2.45) is 0 Å². The highest BCUT2D eigenvalue weighted by Crippen LogP contribution is 2.41. The summed E-state index contributed by atoms with van der Waals surface area (Å²) >= 11 is 1.83. The van der Waals surface area contributed by atoms with E-state index in [1.165, 1.54) is 47.2 Å². The van der Waals surface area contributed by atoms with E-state index in [9.17, 15) is 0 Å². The zero-order chi connectivity index (χ0) is 29.5. The molecular weight excluding hydrogens is 569 g/mol. The summed E-state index contributed by atoms with van der Waals surface area (Å²) < 4.78 is 7.13. The van der Waals surface area contributed by atoms with E-state index < -0.39 is 0 Å². The smallest absolute Gasteiger partial charge is 0.234 e. The average Bonchev–Trinajstić information content (AvgIpc) is 3.75. The van der Waals surface area contributed by atoms with Crippen LogP contribution in [0.2, 0.25) is 0 Å². The fourth-order valence-corrected chi connectivity index (χ4v) is 8.29. The molecular formula is C40H24N4S. The number of thiophene rings is 1. The van der Waals surface area contributed by atoms with Crippen LogP contribution in [0.4, 0.5) is 0 Å². The number of hydrogen-bond donors (Lipinski definition) is 0. The van der Waals surface area contributed by atoms with Crippen LogP contribution in [0.25, 0.3) is 86.5 Å². The maximum Gasteiger partial charge on any atom is 0.234 e. The Morgan fingerprint density at radius 3 is 1.80 bits per heavy atom. The van der Waals surface area contributed by atoms with Crippen LogP contribution in [0.5, 0.6) is 0 Å². The van der Waals surface area contributed by atoms with Crippen molar-refractivity contribution in [1.29, 1.82) is 0 Å². The molecule has 210 valence electrons. The van der Waals surface area contributed by atoms with Crippen molar-refractivity contribution in [3.63, 3.8) is 0 Å². The van der Waals surface area contributed by atoms with Gasteiger partial charge in [0.1, 0.15) is 0 Å². The van der Waals surface area contributed by atoms with Gasteiger partial charge >= 0.3 is 0 Å². The van der Waals surface area contributed by atoms with Crippen LogP contribution < -0.4 is 0 Å². The van der Waals surface area contributed by atoms with Crippen molar-refractivity contribution in [2.45, 2.75) is 0 Å². The molecule has 0 aliphatic carbocycles. The van der Waals surface area contributed by atoms with Crippen LogP contribution in [-0.2, 0) is 0 Å². The standard InChI is InChI=1S/C40H24N4S/c1-2-11-26(12-3-1)43-34-18-7-4-13-28(34)32-21-33-29-14-5-8-19-35(29)44(37(33)22-36(32)43)40-41-23-25(24-42-40)27-16-10-17-31-30-15-6-9-20-38(30)45-39(27)31/h1-24H. The van der Waals surface area contributed by atoms with E-state index in [1.807, 2.05) is 23.7 Å². The number of para-hydroxylation sites is 3. The van der Waals surface area contributed by atoms with E-state index in [4.69, 9.17) is 9.97 Å². The molecule has 0 fully saturated rings. The molecule has 45 heavy (non-hydrogen) atoms. The molecule has 0 N–H and O–H groups in total. The molecule has 0 spiro atoms. The molecule has 0 amide bonds. The molecule has 6 aromatic carbocycles. The minimum absolute atomic E-state index is 0.662. The molecule has 4 nitrogen and oxygen atoms in total. The molecule has 0 aliphatic rings. The fourth-order valence-electron chi connectivity index (χ4n) is 7.05. The number of fused-ring (bicyclic) bond motifs is 9. The highest BCUT2D eigenvalue weighted by molar-refractivity contribution is 7.26. The van der Waals surface area contributed by atoms with E-state index in [1.54, 1.807) is 0 Å². The number of aromatic nitrogens is 4. The van der Waals surface area contributed by atoms with Crippen LogP contribution >= 0.6 is 11.3 Å². The largest absolute Gasteiger partial charge is 0.309 e. The predicted molar refractivity (Wildman–Crippen MR) is 189 cm³/mol. The first-order valence-electron chi connectivity index (χ1n) is 15.1. The monoisotopic (exact) mass is 592 g/mol. The van der Waals surface area contributed by atoms with Gasteiger partial charge in [-0.25, -0.2) is 9.97 Å². The van der Waals surface area contributed by atoms with Crippen molar-refractivity contribution < 1.29 is 0 Å². The van der Waals surface area contributed by atoms with Gasteiger partial charge in [0, 0.05) is 70.9 Å². The number of benzene rings is 6. The lowest BCUT2D eigenvalue weighted by atomic mass is 10.1. The lowest BCUT2D eigenvalue weighted by molar-refractivity contribution is 0.990. The molecule has 4 heterocycles. The van der Waals surface area contributed by atoms with Crippen molar-refractivity contribution >= 4 is 75.1 Å². The molecule has 10 aromatic rings.